The third kappa shape index (κ3) is 2.31. The van der Waals surface area contributed by atoms with E-state index in [0.29, 0.717) is 6.42 Å². The van der Waals surface area contributed by atoms with Crippen molar-refractivity contribution in [1.82, 2.24) is 10.1 Å². The van der Waals surface area contributed by atoms with Gasteiger partial charge in [0.15, 0.2) is 6.23 Å². The van der Waals surface area contributed by atoms with Crippen LogP contribution in [0.1, 0.15) is 32.9 Å². The molecule has 6 heteroatoms. The first-order valence-corrected chi connectivity index (χ1v) is 6.59. The fourth-order valence-electron chi connectivity index (χ4n) is 2.20. The highest BCUT2D eigenvalue weighted by Crippen LogP contribution is 2.32. The third-order valence-electron chi connectivity index (χ3n) is 3.53. The van der Waals surface area contributed by atoms with Crippen LogP contribution in [-0.2, 0) is 5.41 Å². The average molecular weight is 279 g/mol. The van der Waals surface area contributed by atoms with E-state index in [2.05, 4.69) is 11.7 Å². The highest BCUT2D eigenvalue weighted by Gasteiger charge is 2.45. The summed E-state index contributed by atoms with van der Waals surface area (Å²) < 4.78 is 5.23. The molecule has 0 saturated carbocycles. The van der Waals surface area contributed by atoms with Crippen LogP contribution < -0.4 is 4.90 Å². The van der Waals surface area contributed by atoms with Gasteiger partial charge in [-0.3, -0.25) is 0 Å². The van der Waals surface area contributed by atoms with Crippen LogP contribution in [0, 0.1) is 0 Å². The van der Waals surface area contributed by atoms with Crippen molar-refractivity contribution in [2.75, 3.05) is 11.9 Å². The lowest BCUT2D eigenvalue weighted by atomic mass is 9.92. The van der Waals surface area contributed by atoms with E-state index in [9.17, 15) is 9.90 Å². The normalized spacial score (nSPS) is 23.6. The Balaban J connectivity index is 2.30. The number of aliphatic hydroxyl groups is 1. The number of urea groups is 1. The summed E-state index contributed by atoms with van der Waals surface area (Å²) in [4.78, 5) is 15.0. The van der Waals surface area contributed by atoms with Gasteiger partial charge in [0.2, 0.25) is 5.88 Å². The summed E-state index contributed by atoms with van der Waals surface area (Å²) in [5.41, 5.74) is 0.560. The molecule has 1 fully saturated rings. The smallest absolute Gasteiger partial charge is 0.329 e. The van der Waals surface area contributed by atoms with Gasteiger partial charge in [0.25, 0.3) is 0 Å². The fourth-order valence-corrected chi connectivity index (χ4v) is 2.20. The molecule has 110 valence electrons. The fraction of sp³-hybridized carbons (Fsp3) is 0.571. The van der Waals surface area contributed by atoms with Gasteiger partial charge in [0.1, 0.15) is 0 Å². The lowest BCUT2D eigenvalue weighted by Crippen LogP contribution is -2.36. The first kappa shape index (κ1) is 14.6. The number of hydrogen-bond acceptors (Lipinski definition) is 4. The second-order valence-electron chi connectivity index (χ2n) is 6.07. The molecule has 1 aromatic heterocycles. The number of amides is 2. The van der Waals surface area contributed by atoms with Gasteiger partial charge in [-0.1, -0.05) is 32.0 Å². The van der Waals surface area contributed by atoms with Crippen molar-refractivity contribution >= 4 is 11.9 Å². The first-order valence-electron chi connectivity index (χ1n) is 6.59. The Hall–Kier alpha value is -1.82. The molecule has 2 atom stereocenters. The summed E-state index contributed by atoms with van der Waals surface area (Å²) in [5.74, 6) is 0.269. The van der Waals surface area contributed by atoms with E-state index in [1.807, 2.05) is 20.8 Å². The summed E-state index contributed by atoms with van der Waals surface area (Å²) >= 11 is 0. The predicted octanol–water partition coefficient (Wildman–Crippen LogP) is 2.11. The zero-order chi connectivity index (χ0) is 15.1. The second-order valence-corrected chi connectivity index (χ2v) is 6.07. The zero-order valence-electron chi connectivity index (χ0n) is 12.3. The molecule has 2 unspecified atom stereocenters. The van der Waals surface area contributed by atoms with E-state index >= 15 is 0 Å². The van der Waals surface area contributed by atoms with Gasteiger partial charge in [-0.25, -0.2) is 9.69 Å². The minimum Gasteiger partial charge on any atom is -0.371 e. The van der Waals surface area contributed by atoms with Crippen LogP contribution in [0.15, 0.2) is 23.2 Å². The Labute approximate surface area is 118 Å². The number of hydrogen-bond donors (Lipinski definition) is 1. The standard InChI is InChI=1S/C14H21N3O3/c1-6-7-9-12(18)17(13(19)16(9)5)11-8-10(15-20-11)14(2,3)4/h6,8-9,12,18H,1,7H2,2-5H3. The van der Waals surface area contributed by atoms with Crippen molar-refractivity contribution in [2.45, 2.75) is 44.9 Å². The van der Waals surface area contributed by atoms with Crippen LogP contribution in [0.4, 0.5) is 10.7 Å². The SMILES string of the molecule is C=CCC1C(O)N(c2cc(C(C)(C)C)no2)C(=O)N1C. The summed E-state index contributed by atoms with van der Waals surface area (Å²) in [6.07, 6.45) is 1.23. The number of aromatic nitrogens is 1. The van der Waals surface area contributed by atoms with E-state index < -0.39 is 6.23 Å². The molecule has 1 aliphatic heterocycles. The number of nitrogens with zero attached hydrogens (tertiary/aromatic N) is 3. The van der Waals surface area contributed by atoms with Gasteiger partial charge in [-0.2, -0.15) is 0 Å². The molecule has 0 aliphatic carbocycles. The van der Waals surface area contributed by atoms with E-state index in [1.165, 1.54) is 9.80 Å². The highest BCUT2D eigenvalue weighted by molar-refractivity contribution is 5.93. The molecule has 20 heavy (non-hydrogen) atoms. The van der Waals surface area contributed by atoms with Gasteiger partial charge >= 0.3 is 6.03 Å². The second kappa shape index (κ2) is 4.94. The molecule has 2 rings (SSSR count). The van der Waals surface area contributed by atoms with Crippen molar-refractivity contribution in [3.05, 3.63) is 24.4 Å². The van der Waals surface area contributed by atoms with Gasteiger partial charge in [-0.15, -0.1) is 6.58 Å². The highest BCUT2D eigenvalue weighted by atomic mass is 16.5. The number of rotatable bonds is 3. The molecule has 0 bridgehead atoms. The molecule has 1 aromatic rings. The van der Waals surface area contributed by atoms with Crippen molar-refractivity contribution in [2.24, 2.45) is 0 Å². The summed E-state index contributed by atoms with van der Waals surface area (Å²) in [6.45, 7) is 9.66. The van der Waals surface area contributed by atoms with E-state index in [4.69, 9.17) is 4.52 Å². The Morgan fingerprint density at radius 2 is 2.20 bits per heavy atom. The minimum atomic E-state index is -0.966. The number of likely N-dealkylation sites (N-methyl/N-ethyl adjacent to an activating group) is 1. The molecular formula is C14H21N3O3. The summed E-state index contributed by atoms with van der Waals surface area (Å²) in [5, 5.41) is 14.3. The molecule has 1 aliphatic rings. The Morgan fingerprint density at radius 1 is 1.55 bits per heavy atom. The average Bonchev–Trinajstić information content (AvgIpc) is 2.90. The molecule has 2 heterocycles. The van der Waals surface area contributed by atoms with Crippen molar-refractivity contribution in [3.8, 4) is 0 Å². The molecule has 0 radical (unpaired) electrons. The Morgan fingerprint density at radius 3 is 2.70 bits per heavy atom. The Bertz CT molecular complexity index is 518. The van der Waals surface area contributed by atoms with E-state index in [-0.39, 0.29) is 23.4 Å². The van der Waals surface area contributed by atoms with Crippen molar-refractivity contribution in [1.29, 1.82) is 0 Å². The number of anilines is 1. The maximum atomic E-state index is 12.2. The Kier molecular flexibility index (Phi) is 3.60. The monoisotopic (exact) mass is 279 g/mol. The zero-order valence-corrected chi connectivity index (χ0v) is 12.3. The van der Waals surface area contributed by atoms with E-state index in [0.717, 1.165) is 5.69 Å². The van der Waals surface area contributed by atoms with Crippen molar-refractivity contribution < 1.29 is 14.4 Å². The number of aliphatic hydroxyl groups excluding tert-OH is 1. The lowest BCUT2D eigenvalue weighted by molar-refractivity contribution is 0.127. The molecule has 2 amide bonds. The van der Waals surface area contributed by atoms with Crippen molar-refractivity contribution in [3.63, 3.8) is 0 Å². The van der Waals surface area contributed by atoms with Crippen LogP contribution in [-0.4, -0.2) is 40.5 Å². The van der Waals surface area contributed by atoms with E-state index in [1.54, 1.807) is 19.2 Å². The lowest BCUT2D eigenvalue weighted by Gasteiger charge is -2.19. The quantitative estimate of drug-likeness (QED) is 0.860. The molecule has 0 spiro atoms. The van der Waals surface area contributed by atoms with Crippen LogP contribution in [0.3, 0.4) is 0 Å². The first-order chi connectivity index (χ1) is 9.27. The van der Waals surface area contributed by atoms with Crippen LogP contribution in [0.5, 0.6) is 0 Å². The molecule has 1 N–H and O–H groups in total. The van der Waals surface area contributed by atoms with Gasteiger partial charge in [0.05, 0.1) is 11.7 Å². The largest absolute Gasteiger partial charge is 0.371 e. The van der Waals surface area contributed by atoms with Crippen LogP contribution in [0.25, 0.3) is 0 Å². The van der Waals surface area contributed by atoms with Gasteiger partial charge in [-0.05, 0) is 6.42 Å². The van der Waals surface area contributed by atoms with Gasteiger partial charge in [0, 0.05) is 18.5 Å². The topological polar surface area (TPSA) is 69.8 Å². The number of carbonyl (C=O) groups is 1. The van der Waals surface area contributed by atoms with Crippen LogP contribution >= 0.6 is 0 Å². The summed E-state index contributed by atoms with van der Waals surface area (Å²) in [6, 6.07) is 1.06. The maximum Gasteiger partial charge on any atom is 0.329 e. The molecular weight excluding hydrogens is 258 g/mol. The van der Waals surface area contributed by atoms with Gasteiger partial charge < -0.3 is 14.5 Å². The molecule has 1 saturated heterocycles. The van der Waals surface area contributed by atoms with Crippen LogP contribution in [0.2, 0.25) is 0 Å². The summed E-state index contributed by atoms with van der Waals surface area (Å²) in [7, 11) is 1.65. The minimum absolute atomic E-state index is 0.179. The molecule has 0 aromatic carbocycles. The number of carbonyl (C=O) groups excluding carboxylic acids is 1. The molecule has 6 nitrogen and oxygen atoms in total. The maximum absolute atomic E-state index is 12.2. The predicted molar refractivity (Wildman–Crippen MR) is 75.4 cm³/mol. The third-order valence-corrected chi connectivity index (χ3v) is 3.53.